The van der Waals surface area contributed by atoms with Crippen molar-refractivity contribution in [2.45, 2.75) is 38.5 Å². The predicted molar refractivity (Wildman–Crippen MR) is 50.8 cm³/mol. The molecule has 0 aromatic heterocycles. The average molecular weight is 185 g/mol. The Labute approximate surface area is 80.0 Å². The summed E-state index contributed by atoms with van der Waals surface area (Å²) in [7, 11) is 0. The van der Waals surface area contributed by atoms with Crippen molar-refractivity contribution in [1.82, 2.24) is 4.90 Å². The van der Waals surface area contributed by atoms with Gasteiger partial charge in [-0.1, -0.05) is 0 Å². The maximum atomic E-state index is 5.53. The highest BCUT2D eigenvalue weighted by Gasteiger charge is 2.38. The third kappa shape index (κ3) is 2.22. The molecule has 2 rings (SSSR count). The van der Waals surface area contributed by atoms with Gasteiger partial charge in [0.1, 0.15) is 0 Å². The zero-order chi connectivity index (χ0) is 9.26. The molecule has 0 radical (unpaired) electrons. The van der Waals surface area contributed by atoms with Crippen molar-refractivity contribution in [3.63, 3.8) is 0 Å². The van der Waals surface area contributed by atoms with Crippen molar-refractivity contribution in [2.24, 2.45) is 0 Å². The molecule has 2 aliphatic heterocycles. The average Bonchev–Trinajstić information content (AvgIpc) is 2.64. The zero-order valence-electron chi connectivity index (χ0n) is 8.53. The van der Waals surface area contributed by atoms with E-state index in [1.165, 1.54) is 6.42 Å². The topological polar surface area (TPSA) is 21.7 Å². The van der Waals surface area contributed by atoms with Gasteiger partial charge < -0.3 is 9.47 Å². The molecule has 3 heteroatoms. The van der Waals surface area contributed by atoms with Crippen LogP contribution in [-0.4, -0.2) is 49.5 Å². The summed E-state index contributed by atoms with van der Waals surface area (Å²) in [6.07, 6.45) is 2.11. The fourth-order valence-corrected chi connectivity index (χ4v) is 2.16. The SMILES string of the molecule is CC(C)OCCN1CC2CC1CO2. The molecule has 0 aliphatic carbocycles. The molecule has 76 valence electrons. The van der Waals surface area contributed by atoms with Crippen LogP contribution in [0.4, 0.5) is 0 Å². The van der Waals surface area contributed by atoms with Crippen molar-refractivity contribution in [2.75, 3.05) is 26.3 Å². The van der Waals surface area contributed by atoms with Crippen LogP contribution in [0.1, 0.15) is 20.3 Å². The highest BCUT2D eigenvalue weighted by molar-refractivity contribution is 4.91. The third-order valence-corrected chi connectivity index (χ3v) is 2.84. The minimum Gasteiger partial charge on any atom is -0.377 e. The summed E-state index contributed by atoms with van der Waals surface area (Å²) in [5.74, 6) is 0. The molecule has 2 atom stereocenters. The molecule has 0 N–H and O–H groups in total. The molecular formula is C10H19NO2. The third-order valence-electron chi connectivity index (χ3n) is 2.84. The molecule has 0 spiro atoms. The standard InChI is InChI=1S/C10H19NO2/c1-8(2)12-4-3-11-6-10-5-9(11)7-13-10/h8-10H,3-7H2,1-2H3. The number of morpholine rings is 1. The second kappa shape index (κ2) is 3.95. The second-order valence-corrected chi connectivity index (χ2v) is 4.26. The number of nitrogens with zero attached hydrogens (tertiary/aromatic N) is 1. The maximum Gasteiger partial charge on any atom is 0.0718 e. The molecule has 13 heavy (non-hydrogen) atoms. The van der Waals surface area contributed by atoms with Crippen LogP contribution < -0.4 is 0 Å². The van der Waals surface area contributed by atoms with Crippen molar-refractivity contribution in [3.05, 3.63) is 0 Å². The van der Waals surface area contributed by atoms with Crippen LogP contribution in [0.5, 0.6) is 0 Å². The molecule has 2 unspecified atom stereocenters. The first-order valence-corrected chi connectivity index (χ1v) is 5.23. The summed E-state index contributed by atoms with van der Waals surface area (Å²) in [6.45, 7) is 8.15. The number of hydrogen-bond acceptors (Lipinski definition) is 3. The first-order chi connectivity index (χ1) is 6.25. The molecule has 0 aromatic rings. The van der Waals surface area contributed by atoms with E-state index in [2.05, 4.69) is 18.7 Å². The quantitative estimate of drug-likeness (QED) is 0.649. The second-order valence-electron chi connectivity index (χ2n) is 4.26. The van der Waals surface area contributed by atoms with E-state index in [9.17, 15) is 0 Å². The summed E-state index contributed by atoms with van der Waals surface area (Å²) in [6, 6.07) is 0.681. The van der Waals surface area contributed by atoms with Crippen LogP contribution in [0.2, 0.25) is 0 Å². The predicted octanol–water partition coefficient (Wildman–Crippen LogP) is 0.885. The van der Waals surface area contributed by atoms with E-state index in [0.717, 1.165) is 26.3 Å². The van der Waals surface area contributed by atoms with Gasteiger partial charge in [0.2, 0.25) is 0 Å². The lowest BCUT2D eigenvalue weighted by atomic mass is 10.2. The monoisotopic (exact) mass is 185 g/mol. The van der Waals surface area contributed by atoms with E-state index in [1.54, 1.807) is 0 Å². The van der Waals surface area contributed by atoms with Crippen LogP contribution in [0, 0.1) is 0 Å². The molecule has 0 aromatic carbocycles. The van der Waals surface area contributed by atoms with Crippen molar-refractivity contribution < 1.29 is 9.47 Å². The van der Waals surface area contributed by atoms with Crippen LogP contribution in [0.3, 0.4) is 0 Å². The summed E-state index contributed by atoms with van der Waals surface area (Å²) in [5.41, 5.74) is 0. The smallest absolute Gasteiger partial charge is 0.0718 e. The molecule has 0 saturated carbocycles. The Morgan fingerprint density at radius 2 is 2.38 bits per heavy atom. The first kappa shape index (κ1) is 9.44. The van der Waals surface area contributed by atoms with Gasteiger partial charge in [0, 0.05) is 19.1 Å². The highest BCUT2D eigenvalue weighted by Crippen LogP contribution is 2.26. The van der Waals surface area contributed by atoms with Crippen LogP contribution in [0.25, 0.3) is 0 Å². The summed E-state index contributed by atoms with van der Waals surface area (Å²) in [4.78, 5) is 2.50. The molecule has 2 bridgehead atoms. The lowest BCUT2D eigenvalue weighted by Gasteiger charge is -2.26. The summed E-state index contributed by atoms with van der Waals surface area (Å²) >= 11 is 0. The Morgan fingerprint density at radius 1 is 1.54 bits per heavy atom. The van der Waals surface area contributed by atoms with Crippen LogP contribution in [0.15, 0.2) is 0 Å². The largest absolute Gasteiger partial charge is 0.377 e. The molecule has 2 aliphatic rings. The first-order valence-electron chi connectivity index (χ1n) is 5.23. The fourth-order valence-electron chi connectivity index (χ4n) is 2.16. The Morgan fingerprint density at radius 3 is 2.92 bits per heavy atom. The highest BCUT2D eigenvalue weighted by atomic mass is 16.5. The number of fused-ring (bicyclic) bond motifs is 2. The number of likely N-dealkylation sites (tertiary alicyclic amines) is 1. The minimum absolute atomic E-state index is 0.357. The molecule has 2 fully saturated rings. The van der Waals surface area contributed by atoms with Crippen LogP contribution >= 0.6 is 0 Å². The van der Waals surface area contributed by atoms with Gasteiger partial charge >= 0.3 is 0 Å². The van der Waals surface area contributed by atoms with Gasteiger partial charge in [-0.3, -0.25) is 4.90 Å². The van der Waals surface area contributed by atoms with Gasteiger partial charge in [0.05, 0.1) is 25.4 Å². The fraction of sp³-hybridized carbons (Fsp3) is 1.00. The zero-order valence-corrected chi connectivity index (χ0v) is 8.53. The van der Waals surface area contributed by atoms with E-state index >= 15 is 0 Å². The van der Waals surface area contributed by atoms with Crippen molar-refractivity contribution in [3.8, 4) is 0 Å². The maximum absolute atomic E-state index is 5.53. The Hall–Kier alpha value is -0.120. The van der Waals surface area contributed by atoms with Crippen molar-refractivity contribution >= 4 is 0 Å². The number of hydrogen-bond donors (Lipinski definition) is 0. The number of rotatable bonds is 4. The van der Waals surface area contributed by atoms with Gasteiger partial charge in [-0.15, -0.1) is 0 Å². The summed E-state index contributed by atoms with van der Waals surface area (Å²) < 4.78 is 11.1. The van der Waals surface area contributed by atoms with Gasteiger partial charge in [-0.25, -0.2) is 0 Å². The van der Waals surface area contributed by atoms with E-state index in [4.69, 9.17) is 9.47 Å². The van der Waals surface area contributed by atoms with Gasteiger partial charge in [0.15, 0.2) is 0 Å². The van der Waals surface area contributed by atoms with Gasteiger partial charge in [0.25, 0.3) is 0 Å². The van der Waals surface area contributed by atoms with Gasteiger partial charge in [-0.2, -0.15) is 0 Å². The Balaban J connectivity index is 1.66. The normalized spacial score (nSPS) is 33.5. The van der Waals surface area contributed by atoms with E-state index in [1.807, 2.05) is 0 Å². The molecule has 0 amide bonds. The van der Waals surface area contributed by atoms with Crippen molar-refractivity contribution in [1.29, 1.82) is 0 Å². The lowest BCUT2D eigenvalue weighted by Crippen LogP contribution is -2.39. The van der Waals surface area contributed by atoms with E-state index in [-0.39, 0.29) is 0 Å². The molecule has 3 nitrogen and oxygen atoms in total. The molecule has 2 heterocycles. The number of ether oxygens (including phenoxy) is 2. The Kier molecular flexibility index (Phi) is 2.86. The minimum atomic E-state index is 0.357. The lowest BCUT2D eigenvalue weighted by molar-refractivity contribution is 0.00610. The molecule has 2 saturated heterocycles. The molecular weight excluding hydrogens is 166 g/mol. The summed E-state index contributed by atoms with van der Waals surface area (Å²) in [5, 5.41) is 0. The van der Waals surface area contributed by atoms with E-state index in [0.29, 0.717) is 18.2 Å². The van der Waals surface area contributed by atoms with E-state index < -0.39 is 0 Å². The van der Waals surface area contributed by atoms with Gasteiger partial charge in [-0.05, 0) is 20.3 Å². The van der Waals surface area contributed by atoms with Crippen LogP contribution in [-0.2, 0) is 9.47 Å². The Bertz CT molecular complexity index is 172.